The minimum Gasteiger partial charge on any atom is -0.545 e. The van der Waals surface area contributed by atoms with Crippen LogP contribution in [-0.4, -0.2) is 12.6 Å². The monoisotopic (exact) mass is 212 g/mol. The van der Waals surface area contributed by atoms with Crippen LogP contribution >= 0.6 is 0 Å². The maximum Gasteiger partial charge on any atom is 1.00 e. The van der Waals surface area contributed by atoms with E-state index in [0.29, 0.717) is 12.2 Å². The summed E-state index contributed by atoms with van der Waals surface area (Å²) >= 11 is 0. The molecule has 3 nitrogen and oxygen atoms in total. The molecule has 0 unspecified atom stereocenters. The first-order valence-electron chi connectivity index (χ1n) is 4.32. The topological polar surface area (TPSA) is 49.4 Å². The molecule has 1 aromatic rings. The first-order valence-corrected chi connectivity index (χ1v) is 4.32. The standard InChI is InChI=1S/C11H10O3.Na/c1-7-2-3-9-8(5-11(12)13)6-14-10(9)4-7;/h2-5H,6H2,1H3,(H,12,13);/q;+1/p-1/b8-5+;. The van der Waals surface area contributed by atoms with Gasteiger partial charge in [0.15, 0.2) is 0 Å². The summed E-state index contributed by atoms with van der Waals surface area (Å²) in [6.07, 6.45) is 1.08. The third kappa shape index (κ3) is 2.62. The molecule has 1 aliphatic heterocycles. The van der Waals surface area contributed by atoms with Gasteiger partial charge in [0.05, 0.1) is 5.97 Å². The van der Waals surface area contributed by atoms with E-state index in [1.807, 2.05) is 25.1 Å². The Labute approximate surface area is 110 Å². The predicted octanol–water partition coefficient (Wildman–Crippen LogP) is -2.48. The summed E-state index contributed by atoms with van der Waals surface area (Å²) in [7, 11) is 0. The molecule has 15 heavy (non-hydrogen) atoms. The Morgan fingerprint density at radius 3 is 2.93 bits per heavy atom. The van der Waals surface area contributed by atoms with E-state index in [1.54, 1.807) is 0 Å². The van der Waals surface area contributed by atoms with Crippen LogP contribution < -0.4 is 39.4 Å². The second kappa shape index (κ2) is 4.84. The summed E-state index contributed by atoms with van der Waals surface area (Å²) in [5, 5.41) is 10.4. The van der Waals surface area contributed by atoms with Crippen molar-refractivity contribution >= 4 is 11.5 Å². The van der Waals surface area contributed by atoms with Crippen molar-refractivity contribution in [1.82, 2.24) is 0 Å². The zero-order chi connectivity index (χ0) is 10.1. The van der Waals surface area contributed by atoms with E-state index in [-0.39, 0.29) is 29.6 Å². The van der Waals surface area contributed by atoms with Crippen LogP contribution in [0.15, 0.2) is 24.3 Å². The van der Waals surface area contributed by atoms with Crippen LogP contribution in [0.2, 0.25) is 0 Å². The van der Waals surface area contributed by atoms with Gasteiger partial charge in [-0.3, -0.25) is 0 Å². The molecular formula is C11H9NaO3. The summed E-state index contributed by atoms with van der Waals surface area (Å²) in [5.41, 5.74) is 2.61. The van der Waals surface area contributed by atoms with Crippen LogP contribution in [0, 0.1) is 6.92 Å². The van der Waals surface area contributed by atoms with Gasteiger partial charge >= 0.3 is 29.6 Å². The fourth-order valence-electron chi connectivity index (χ4n) is 1.51. The normalized spacial score (nSPS) is 15.4. The number of hydrogen-bond acceptors (Lipinski definition) is 3. The molecule has 0 amide bonds. The zero-order valence-electron chi connectivity index (χ0n) is 8.74. The summed E-state index contributed by atoms with van der Waals surface area (Å²) in [6, 6.07) is 5.69. The van der Waals surface area contributed by atoms with Crippen LogP contribution in [0.3, 0.4) is 0 Å². The van der Waals surface area contributed by atoms with E-state index < -0.39 is 5.97 Å². The quantitative estimate of drug-likeness (QED) is 0.383. The first kappa shape index (κ1) is 12.3. The second-order valence-electron chi connectivity index (χ2n) is 3.28. The molecule has 0 radical (unpaired) electrons. The van der Waals surface area contributed by atoms with Gasteiger partial charge in [-0.2, -0.15) is 0 Å². The van der Waals surface area contributed by atoms with Gasteiger partial charge in [0, 0.05) is 11.1 Å². The molecule has 0 saturated carbocycles. The van der Waals surface area contributed by atoms with Gasteiger partial charge in [0.25, 0.3) is 0 Å². The molecule has 72 valence electrons. The average Bonchev–Trinajstić information content (AvgIpc) is 2.47. The number of fused-ring (bicyclic) bond motifs is 1. The van der Waals surface area contributed by atoms with Crippen LogP contribution in [0.1, 0.15) is 11.1 Å². The minimum atomic E-state index is -1.18. The fraction of sp³-hybridized carbons (Fsp3) is 0.182. The molecule has 0 atom stereocenters. The van der Waals surface area contributed by atoms with Crippen molar-refractivity contribution in [3.05, 3.63) is 35.4 Å². The first-order chi connectivity index (χ1) is 6.66. The molecule has 0 aromatic heterocycles. The van der Waals surface area contributed by atoms with Crippen LogP contribution in [0.25, 0.3) is 5.57 Å². The summed E-state index contributed by atoms with van der Waals surface area (Å²) in [5.74, 6) is -0.436. The zero-order valence-corrected chi connectivity index (χ0v) is 10.7. The number of carbonyl (C=O) groups excluding carboxylic acids is 1. The molecule has 0 spiro atoms. The molecule has 0 saturated heterocycles. The SMILES string of the molecule is Cc1ccc2c(c1)OC/C2=C\C(=O)[O-].[Na+]. The number of ether oxygens (including phenoxy) is 1. The van der Waals surface area contributed by atoms with Gasteiger partial charge in [0.1, 0.15) is 12.4 Å². The van der Waals surface area contributed by atoms with Crippen molar-refractivity contribution < 1.29 is 44.2 Å². The van der Waals surface area contributed by atoms with Gasteiger partial charge in [-0.05, 0) is 24.6 Å². The van der Waals surface area contributed by atoms with Crippen molar-refractivity contribution in [3.8, 4) is 5.75 Å². The van der Waals surface area contributed by atoms with E-state index in [4.69, 9.17) is 4.74 Å². The maximum absolute atomic E-state index is 10.4. The molecule has 4 heteroatoms. The number of rotatable bonds is 1. The smallest absolute Gasteiger partial charge is 0.545 e. The Hall–Kier alpha value is -0.770. The van der Waals surface area contributed by atoms with Gasteiger partial charge < -0.3 is 14.6 Å². The summed E-state index contributed by atoms with van der Waals surface area (Å²) in [6.45, 7) is 2.27. The van der Waals surface area contributed by atoms with Gasteiger partial charge in [-0.1, -0.05) is 12.1 Å². The van der Waals surface area contributed by atoms with E-state index in [9.17, 15) is 9.90 Å². The molecule has 0 fully saturated rings. The maximum atomic E-state index is 10.4. The number of carbonyl (C=O) groups is 1. The van der Waals surface area contributed by atoms with Crippen molar-refractivity contribution in [2.24, 2.45) is 0 Å². The second-order valence-corrected chi connectivity index (χ2v) is 3.28. The van der Waals surface area contributed by atoms with Crippen molar-refractivity contribution in [2.75, 3.05) is 6.61 Å². The number of benzene rings is 1. The van der Waals surface area contributed by atoms with E-state index in [0.717, 1.165) is 23.0 Å². The number of aryl methyl sites for hydroxylation is 1. The number of aliphatic carboxylic acids is 1. The minimum absolute atomic E-state index is 0. The molecule has 0 aliphatic carbocycles. The van der Waals surface area contributed by atoms with Gasteiger partial charge in [-0.25, -0.2) is 0 Å². The molecule has 2 rings (SSSR count). The summed E-state index contributed by atoms with van der Waals surface area (Å²) in [4.78, 5) is 10.4. The average molecular weight is 212 g/mol. The number of hydrogen-bond donors (Lipinski definition) is 0. The number of carboxylic acid groups (broad SMARTS) is 1. The Morgan fingerprint density at radius 2 is 2.27 bits per heavy atom. The Morgan fingerprint density at radius 1 is 1.53 bits per heavy atom. The van der Waals surface area contributed by atoms with Gasteiger partial charge in [0.2, 0.25) is 0 Å². The molecule has 1 aliphatic rings. The Kier molecular flexibility index (Phi) is 3.97. The van der Waals surface area contributed by atoms with E-state index >= 15 is 0 Å². The predicted molar refractivity (Wildman–Crippen MR) is 49.7 cm³/mol. The van der Waals surface area contributed by atoms with Crippen molar-refractivity contribution in [1.29, 1.82) is 0 Å². The Bertz CT molecular complexity index is 424. The van der Waals surface area contributed by atoms with Crippen LogP contribution in [0.4, 0.5) is 0 Å². The third-order valence-electron chi connectivity index (χ3n) is 2.16. The molecule has 1 heterocycles. The van der Waals surface area contributed by atoms with E-state index in [1.165, 1.54) is 0 Å². The summed E-state index contributed by atoms with van der Waals surface area (Å²) < 4.78 is 5.33. The number of carboxylic acids is 1. The molecule has 1 aromatic carbocycles. The van der Waals surface area contributed by atoms with Crippen LogP contribution in [0.5, 0.6) is 5.75 Å². The third-order valence-corrected chi connectivity index (χ3v) is 2.16. The molecule has 0 N–H and O–H groups in total. The van der Waals surface area contributed by atoms with Crippen molar-refractivity contribution in [2.45, 2.75) is 6.92 Å². The molecule has 0 bridgehead atoms. The van der Waals surface area contributed by atoms with Crippen molar-refractivity contribution in [3.63, 3.8) is 0 Å². The fourth-order valence-corrected chi connectivity index (χ4v) is 1.51. The van der Waals surface area contributed by atoms with Crippen LogP contribution in [-0.2, 0) is 4.79 Å². The van der Waals surface area contributed by atoms with Gasteiger partial charge in [-0.15, -0.1) is 0 Å². The Balaban J connectivity index is 0.00000112. The van der Waals surface area contributed by atoms with E-state index in [2.05, 4.69) is 0 Å². The molecular weight excluding hydrogens is 203 g/mol. The largest absolute Gasteiger partial charge is 1.00 e.